The number of H-pyrrole nitrogens is 1. The number of hydrogen-bond donors (Lipinski definition) is 2. The van der Waals surface area contributed by atoms with Gasteiger partial charge < -0.3 is 15.2 Å². The molecule has 3 rings (SSSR count). The first-order valence-corrected chi connectivity index (χ1v) is 7.28. The number of benzene rings is 2. The summed E-state index contributed by atoms with van der Waals surface area (Å²) >= 11 is 0. The fourth-order valence-corrected chi connectivity index (χ4v) is 2.37. The number of ether oxygens (including phenoxy) is 2. The molecule has 124 valence electrons. The molecular formula is C17H17FN4O2. The van der Waals surface area contributed by atoms with Gasteiger partial charge in [-0.25, -0.2) is 9.37 Å². The molecule has 1 aromatic heterocycles. The minimum absolute atomic E-state index is 0.344. The van der Waals surface area contributed by atoms with Crippen LogP contribution in [0.3, 0.4) is 0 Å². The number of hydrogen-bond acceptors (Lipinski definition) is 5. The molecule has 0 bridgehead atoms. The third-order valence-corrected chi connectivity index (χ3v) is 3.65. The Morgan fingerprint density at radius 3 is 2.58 bits per heavy atom. The van der Waals surface area contributed by atoms with E-state index in [0.29, 0.717) is 28.7 Å². The number of nitrogens with two attached hydrogens (primary N) is 1. The Kier molecular flexibility index (Phi) is 4.43. The third-order valence-electron chi connectivity index (χ3n) is 3.65. The van der Waals surface area contributed by atoms with Crippen LogP contribution in [0.2, 0.25) is 0 Å². The van der Waals surface area contributed by atoms with Gasteiger partial charge in [-0.15, -0.1) is 0 Å². The fourth-order valence-electron chi connectivity index (χ4n) is 2.37. The predicted molar refractivity (Wildman–Crippen MR) is 87.4 cm³/mol. The maximum atomic E-state index is 13.3. The molecule has 1 heterocycles. The van der Waals surface area contributed by atoms with E-state index in [4.69, 9.17) is 15.2 Å². The van der Waals surface area contributed by atoms with Crippen LogP contribution in [-0.2, 0) is 0 Å². The van der Waals surface area contributed by atoms with E-state index in [2.05, 4.69) is 15.2 Å². The molecule has 3 aromatic rings. The van der Waals surface area contributed by atoms with Crippen molar-refractivity contribution in [2.24, 2.45) is 5.73 Å². The zero-order valence-corrected chi connectivity index (χ0v) is 13.3. The molecule has 2 aromatic carbocycles. The Hall–Kier alpha value is -2.93. The van der Waals surface area contributed by atoms with Crippen molar-refractivity contribution >= 4 is 0 Å². The molecule has 0 saturated carbocycles. The lowest BCUT2D eigenvalue weighted by Gasteiger charge is -2.13. The molecule has 0 aliphatic carbocycles. The van der Waals surface area contributed by atoms with Crippen LogP contribution in [-0.4, -0.2) is 29.4 Å². The highest BCUT2D eigenvalue weighted by Crippen LogP contribution is 2.31. The van der Waals surface area contributed by atoms with Crippen molar-refractivity contribution in [3.63, 3.8) is 0 Å². The normalized spacial score (nSPS) is 12.0. The summed E-state index contributed by atoms with van der Waals surface area (Å²) in [6, 6.07) is 10.9. The molecule has 0 radical (unpaired) electrons. The molecule has 24 heavy (non-hydrogen) atoms. The number of aromatic nitrogens is 3. The second-order valence-corrected chi connectivity index (χ2v) is 5.15. The summed E-state index contributed by atoms with van der Waals surface area (Å²) in [5.74, 6) is 1.71. The second kappa shape index (κ2) is 6.67. The summed E-state index contributed by atoms with van der Waals surface area (Å²) in [7, 11) is 3.13. The lowest BCUT2D eigenvalue weighted by molar-refractivity contribution is 0.354. The molecule has 0 aliphatic rings. The molecule has 0 aliphatic heterocycles. The standard InChI is InChI=1S/C17H17FN4O2/c1-23-13-7-6-10(9-14(13)24-2)15(19)17-20-16(21-22-17)11-4-3-5-12(18)8-11/h3-9,15H,19H2,1-2H3,(H,20,21,22). The summed E-state index contributed by atoms with van der Waals surface area (Å²) in [4.78, 5) is 4.37. The number of nitrogens with zero attached hydrogens (tertiary/aromatic N) is 2. The Morgan fingerprint density at radius 1 is 1.08 bits per heavy atom. The van der Waals surface area contributed by atoms with Gasteiger partial charge in [0.1, 0.15) is 11.6 Å². The van der Waals surface area contributed by atoms with Crippen molar-refractivity contribution < 1.29 is 13.9 Å². The highest BCUT2D eigenvalue weighted by Gasteiger charge is 2.17. The first-order valence-electron chi connectivity index (χ1n) is 7.28. The Balaban J connectivity index is 1.90. The number of aromatic amines is 1. The van der Waals surface area contributed by atoms with Crippen molar-refractivity contribution in [1.29, 1.82) is 0 Å². The average Bonchev–Trinajstić information content (AvgIpc) is 3.10. The largest absolute Gasteiger partial charge is 0.493 e. The first kappa shape index (κ1) is 15.9. The topological polar surface area (TPSA) is 86.0 Å². The highest BCUT2D eigenvalue weighted by molar-refractivity contribution is 5.54. The lowest BCUT2D eigenvalue weighted by Crippen LogP contribution is -2.14. The van der Waals surface area contributed by atoms with E-state index >= 15 is 0 Å². The van der Waals surface area contributed by atoms with Crippen LogP contribution in [0, 0.1) is 5.82 Å². The van der Waals surface area contributed by atoms with E-state index in [-0.39, 0.29) is 5.82 Å². The maximum Gasteiger partial charge on any atom is 0.181 e. The third kappa shape index (κ3) is 3.07. The van der Waals surface area contributed by atoms with Crippen LogP contribution >= 0.6 is 0 Å². The van der Waals surface area contributed by atoms with Gasteiger partial charge in [-0.1, -0.05) is 18.2 Å². The molecule has 6 nitrogen and oxygen atoms in total. The summed E-state index contributed by atoms with van der Waals surface area (Å²) in [6.07, 6.45) is 0. The predicted octanol–water partition coefficient (Wildman–Crippen LogP) is 2.68. The monoisotopic (exact) mass is 328 g/mol. The number of nitrogens with one attached hydrogen (secondary N) is 1. The Labute approximate surface area is 138 Å². The van der Waals surface area contributed by atoms with E-state index < -0.39 is 6.04 Å². The van der Waals surface area contributed by atoms with Crippen LogP contribution < -0.4 is 15.2 Å². The quantitative estimate of drug-likeness (QED) is 0.752. The number of methoxy groups -OCH3 is 2. The summed E-state index contributed by atoms with van der Waals surface area (Å²) in [6.45, 7) is 0. The van der Waals surface area contributed by atoms with Gasteiger partial charge in [0.2, 0.25) is 0 Å². The van der Waals surface area contributed by atoms with Crippen LogP contribution in [0.1, 0.15) is 17.4 Å². The first-order chi connectivity index (χ1) is 11.6. The zero-order valence-electron chi connectivity index (χ0n) is 13.3. The van der Waals surface area contributed by atoms with Gasteiger partial charge >= 0.3 is 0 Å². The minimum atomic E-state index is -0.528. The highest BCUT2D eigenvalue weighted by atomic mass is 19.1. The van der Waals surface area contributed by atoms with Crippen molar-refractivity contribution in [1.82, 2.24) is 15.2 Å². The summed E-state index contributed by atoms with van der Waals surface area (Å²) in [5.41, 5.74) is 7.62. The van der Waals surface area contributed by atoms with Gasteiger partial charge in [-0.05, 0) is 29.8 Å². The van der Waals surface area contributed by atoms with Crippen molar-refractivity contribution in [2.75, 3.05) is 14.2 Å². The molecular weight excluding hydrogens is 311 g/mol. The SMILES string of the molecule is COc1ccc(C(N)c2nc(-c3cccc(F)c3)n[nH]2)cc1OC. The van der Waals surface area contributed by atoms with E-state index in [1.165, 1.54) is 12.1 Å². The molecule has 0 spiro atoms. The summed E-state index contributed by atoms with van der Waals surface area (Å²) in [5, 5.41) is 6.92. The molecule has 1 unspecified atom stereocenters. The van der Waals surface area contributed by atoms with E-state index in [1.54, 1.807) is 38.5 Å². The van der Waals surface area contributed by atoms with Gasteiger partial charge in [-0.2, -0.15) is 5.10 Å². The van der Waals surface area contributed by atoms with Gasteiger partial charge in [0.05, 0.1) is 20.3 Å². The van der Waals surface area contributed by atoms with Gasteiger partial charge in [0.15, 0.2) is 17.3 Å². The Bertz CT molecular complexity index is 850. The van der Waals surface area contributed by atoms with Crippen molar-refractivity contribution in [3.8, 4) is 22.9 Å². The number of halogens is 1. The molecule has 0 saturated heterocycles. The lowest BCUT2D eigenvalue weighted by atomic mass is 10.1. The van der Waals surface area contributed by atoms with Gasteiger partial charge in [-0.3, -0.25) is 5.10 Å². The zero-order chi connectivity index (χ0) is 17.1. The van der Waals surface area contributed by atoms with Crippen molar-refractivity contribution in [2.45, 2.75) is 6.04 Å². The van der Waals surface area contributed by atoms with Crippen LogP contribution in [0.15, 0.2) is 42.5 Å². The van der Waals surface area contributed by atoms with Crippen molar-refractivity contribution in [3.05, 3.63) is 59.7 Å². The van der Waals surface area contributed by atoms with Gasteiger partial charge in [0, 0.05) is 5.56 Å². The van der Waals surface area contributed by atoms with E-state index in [1.807, 2.05) is 6.07 Å². The average molecular weight is 328 g/mol. The second-order valence-electron chi connectivity index (χ2n) is 5.15. The fraction of sp³-hybridized carbons (Fsp3) is 0.176. The van der Waals surface area contributed by atoms with Crippen LogP contribution in [0.25, 0.3) is 11.4 Å². The maximum absolute atomic E-state index is 13.3. The molecule has 7 heteroatoms. The van der Waals surface area contributed by atoms with Gasteiger partial charge in [0.25, 0.3) is 0 Å². The molecule has 3 N–H and O–H groups in total. The van der Waals surface area contributed by atoms with E-state index in [0.717, 1.165) is 5.56 Å². The molecule has 1 atom stereocenters. The molecule has 0 fully saturated rings. The minimum Gasteiger partial charge on any atom is -0.493 e. The molecule has 0 amide bonds. The smallest absolute Gasteiger partial charge is 0.181 e. The number of rotatable bonds is 5. The summed E-state index contributed by atoms with van der Waals surface area (Å²) < 4.78 is 23.8. The van der Waals surface area contributed by atoms with Crippen LogP contribution in [0.5, 0.6) is 11.5 Å². The van der Waals surface area contributed by atoms with Crippen LogP contribution in [0.4, 0.5) is 4.39 Å². The van der Waals surface area contributed by atoms with E-state index in [9.17, 15) is 4.39 Å². The Morgan fingerprint density at radius 2 is 1.88 bits per heavy atom.